The predicted octanol–water partition coefficient (Wildman–Crippen LogP) is 5.50. The lowest BCUT2D eigenvalue weighted by Gasteiger charge is -2.36. The number of amides is 1. The number of benzene rings is 3. The van der Waals surface area contributed by atoms with Crippen LogP contribution in [0.1, 0.15) is 33.2 Å². The van der Waals surface area contributed by atoms with Crippen LogP contribution in [0, 0.1) is 12.7 Å². The number of nitrogens with zero attached hydrogens (tertiary/aromatic N) is 2. The average molecular weight is 467 g/mol. The van der Waals surface area contributed by atoms with Gasteiger partial charge in [0.1, 0.15) is 5.82 Å². The first-order valence-corrected chi connectivity index (χ1v) is 11.6. The van der Waals surface area contributed by atoms with Gasteiger partial charge in [0.15, 0.2) is 0 Å². The number of carbonyl (C=O) groups excluding carboxylic acids is 1. The Kier molecular flexibility index (Phi) is 7.76. The number of halogens is 2. The molecule has 0 aromatic heterocycles. The predicted molar refractivity (Wildman–Crippen MR) is 129 cm³/mol. The van der Waals surface area contributed by atoms with E-state index < -0.39 is 5.82 Å². The van der Waals surface area contributed by atoms with E-state index in [0.717, 1.165) is 30.8 Å². The molecule has 0 aliphatic carbocycles. The summed E-state index contributed by atoms with van der Waals surface area (Å²) in [5, 5.41) is 0.695. The zero-order valence-corrected chi connectivity index (χ0v) is 19.5. The summed E-state index contributed by atoms with van der Waals surface area (Å²) in [6.45, 7) is 5.98. The molecule has 3 aromatic carbocycles. The monoisotopic (exact) mass is 466 g/mol. The van der Waals surface area contributed by atoms with Crippen molar-refractivity contribution in [2.24, 2.45) is 0 Å². The van der Waals surface area contributed by atoms with Crippen LogP contribution in [0.4, 0.5) is 4.39 Å². The van der Waals surface area contributed by atoms with Crippen LogP contribution in [-0.2, 0) is 11.3 Å². The minimum Gasteiger partial charge on any atom is -0.368 e. The molecule has 1 aliphatic rings. The van der Waals surface area contributed by atoms with Crippen molar-refractivity contribution in [1.29, 1.82) is 0 Å². The highest BCUT2D eigenvalue weighted by Crippen LogP contribution is 2.24. The third-order valence-electron chi connectivity index (χ3n) is 5.93. The van der Waals surface area contributed by atoms with Crippen LogP contribution in [0.2, 0.25) is 5.02 Å². The lowest BCUT2D eigenvalue weighted by atomic mass is 10.1. The minimum absolute atomic E-state index is 0.117. The quantitative estimate of drug-likeness (QED) is 0.460. The smallest absolute Gasteiger partial charge is 0.254 e. The van der Waals surface area contributed by atoms with E-state index in [1.165, 1.54) is 17.7 Å². The highest BCUT2D eigenvalue weighted by molar-refractivity contribution is 6.30. The van der Waals surface area contributed by atoms with E-state index in [4.69, 9.17) is 16.3 Å². The number of rotatable bonds is 7. The van der Waals surface area contributed by atoms with Crippen molar-refractivity contribution in [1.82, 2.24) is 9.80 Å². The highest BCUT2D eigenvalue weighted by atomic mass is 35.5. The standard InChI is InChI=1S/C27H28ClFN2O2/c1-20-4-2-5-21(16-20)19-33-26(22-8-10-24(28)11-9-22)18-30-12-14-31(15-13-30)27(32)23-6-3-7-25(29)17-23/h2-11,16-17,26H,12-15,18-19H2,1H3. The fraction of sp³-hybridized carbons (Fsp3) is 0.296. The Bertz CT molecular complexity index is 1080. The number of aryl methyl sites for hydroxylation is 1. The third kappa shape index (κ3) is 6.41. The zero-order valence-electron chi connectivity index (χ0n) is 18.7. The number of piperazine rings is 1. The Labute approximate surface area is 199 Å². The van der Waals surface area contributed by atoms with Crippen molar-refractivity contribution >= 4 is 17.5 Å². The number of ether oxygens (including phenoxy) is 1. The van der Waals surface area contributed by atoms with E-state index in [-0.39, 0.29) is 12.0 Å². The van der Waals surface area contributed by atoms with Crippen molar-refractivity contribution in [2.45, 2.75) is 19.6 Å². The van der Waals surface area contributed by atoms with Crippen molar-refractivity contribution < 1.29 is 13.9 Å². The summed E-state index contributed by atoms with van der Waals surface area (Å²) in [5.41, 5.74) is 3.81. The minimum atomic E-state index is -0.393. The van der Waals surface area contributed by atoms with E-state index in [9.17, 15) is 9.18 Å². The molecule has 1 atom stereocenters. The van der Waals surface area contributed by atoms with Crippen LogP contribution in [0.15, 0.2) is 72.8 Å². The molecule has 1 heterocycles. The lowest BCUT2D eigenvalue weighted by molar-refractivity contribution is 0.00341. The molecule has 0 saturated carbocycles. The van der Waals surface area contributed by atoms with Gasteiger partial charge < -0.3 is 9.64 Å². The molecule has 3 aromatic rings. The fourth-order valence-electron chi connectivity index (χ4n) is 4.10. The van der Waals surface area contributed by atoms with Gasteiger partial charge in [0.2, 0.25) is 0 Å². The zero-order chi connectivity index (χ0) is 23.2. The van der Waals surface area contributed by atoms with Crippen LogP contribution < -0.4 is 0 Å². The van der Waals surface area contributed by atoms with Gasteiger partial charge >= 0.3 is 0 Å². The Balaban J connectivity index is 1.39. The number of hydrogen-bond acceptors (Lipinski definition) is 3. The van der Waals surface area contributed by atoms with Gasteiger partial charge in [-0.2, -0.15) is 0 Å². The Morgan fingerprint density at radius 2 is 1.73 bits per heavy atom. The highest BCUT2D eigenvalue weighted by Gasteiger charge is 2.25. The maximum atomic E-state index is 13.5. The van der Waals surface area contributed by atoms with Gasteiger partial charge in [-0.3, -0.25) is 9.69 Å². The van der Waals surface area contributed by atoms with E-state index in [1.54, 1.807) is 17.0 Å². The second kappa shape index (κ2) is 10.9. The molecule has 1 fully saturated rings. The normalized spacial score (nSPS) is 15.4. The largest absolute Gasteiger partial charge is 0.368 e. The molecular weight excluding hydrogens is 439 g/mol. The third-order valence-corrected chi connectivity index (χ3v) is 6.18. The Morgan fingerprint density at radius 3 is 2.42 bits per heavy atom. The summed E-state index contributed by atoms with van der Waals surface area (Å²) in [5.74, 6) is -0.518. The van der Waals surface area contributed by atoms with Gasteiger partial charge in [0.25, 0.3) is 5.91 Å². The summed E-state index contributed by atoms with van der Waals surface area (Å²) in [4.78, 5) is 16.8. The molecular formula is C27H28ClFN2O2. The second-order valence-electron chi connectivity index (χ2n) is 8.44. The molecule has 4 nitrogen and oxygen atoms in total. The number of carbonyl (C=O) groups is 1. The van der Waals surface area contributed by atoms with Crippen LogP contribution in [0.3, 0.4) is 0 Å². The first kappa shape index (κ1) is 23.4. The molecule has 4 rings (SSSR count). The van der Waals surface area contributed by atoms with Gasteiger partial charge in [-0.25, -0.2) is 4.39 Å². The summed E-state index contributed by atoms with van der Waals surface area (Å²) in [7, 11) is 0. The van der Waals surface area contributed by atoms with E-state index >= 15 is 0 Å². The van der Waals surface area contributed by atoms with Gasteiger partial charge in [-0.15, -0.1) is 0 Å². The first-order valence-electron chi connectivity index (χ1n) is 11.2. The van der Waals surface area contributed by atoms with Gasteiger partial charge in [-0.1, -0.05) is 59.6 Å². The molecule has 172 valence electrons. The number of hydrogen-bond donors (Lipinski definition) is 0. The molecule has 1 amide bonds. The van der Waals surface area contributed by atoms with Gasteiger partial charge in [-0.05, 0) is 48.4 Å². The Morgan fingerprint density at radius 1 is 1.00 bits per heavy atom. The summed E-state index contributed by atoms with van der Waals surface area (Å²) >= 11 is 6.09. The van der Waals surface area contributed by atoms with E-state index in [1.807, 2.05) is 30.3 Å². The SMILES string of the molecule is Cc1cccc(COC(CN2CCN(C(=O)c3cccc(F)c3)CC2)c2ccc(Cl)cc2)c1. The van der Waals surface area contributed by atoms with Crippen molar-refractivity contribution in [3.8, 4) is 0 Å². The van der Waals surface area contributed by atoms with Crippen LogP contribution in [0.25, 0.3) is 0 Å². The van der Waals surface area contributed by atoms with Crippen molar-refractivity contribution in [2.75, 3.05) is 32.7 Å². The van der Waals surface area contributed by atoms with Crippen molar-refractivity contribution in [3.63, 3.8) is 0 Å². The first-order chi connectivity index (χ1) is 16.0. The molecule has 1 unspecified atom stereocenters. The van der Waals surface area contributed by atoms with Crippen LogP contribution in [-0.4, -0.2) is 48.4 Å². The topological polar surface area (TPSA) is 32.8 Å². The maximum absolute atomic E-state index is 13.5. The summed E-state index contributed by atoms with van der Waals surface area (Å²) in [6, 6.07) is 22.0. The summed E-state index contributed by atoms with van der Waals surface area (Å²) in [6.07, 6.45) is -0.117. The van der Waals surface area contributed by atoms with E-state index in [0.29, 0.717) is 30.3 Å². The molecule has 6 heteroatoms. The Hall–Kier alpha value is -2.73. The molecule has 0 bridgehead atoms. The second-order valence-corrected chi connectivity index (χ2v) is 8.88. The van der Waals surface area contributed by atoms with Crippen LogP contribution in [0.5, 0.6) is 0 Å². The fourth-order valence-corrected chi connectivity index (χ4v) is 4.23. The molecule has 0 radical (unpaired) electrons. The lowest BCUT2D eigenvalue weighted by Crippen LogP contribution is -2.49. The molecule has 33 heavy (non-hydrogen) atoms. The van der Waals surface area contributed by atoms with Crippen LogP contribution >= 0.6 is 11.6 Å². The summed E-state index contributed by atoms with van der Waals surface area (Å²) < 4.78 is 19.9. The molecule has 1 saturated heterocycles. The maximum Gasteiger partial charge on any atom is 0.254 e. The average Bonchev–Trinajstić information content (AvgIpc) is 2.82. The molecule has 0 spiro atoms. The van der Waals surface area contributed by atoms with Gasteiger partial charge in [0, 0.05) is 43.3 Å². The molecule has 1 aliphatic heterocycles. The van der Waals surface area contributed by atoms with Gasteiger partial charge in [0.05, 0.1) is 12.7 Å². The molecule has 0 N–H and O–H groups in total. The van der Waals surface area contributed by atoms with Crippen molar-refractivity contribution in [3.05, 3.63) is 106 Å². The van der Waals surface area contributed by atoms with E-state index in [2.05, 4.69) is 30.0 Å².